The quantitative estimate of drug-likeness (QED) is 0.774. The van der Waals surface area contributed by atoms with Crippen LogP contribution in [0.25, 0.3) is 0 Å². The second-order valence-electron chi connectivity index (χ2n) is 3.46. The molecule has 4 heteroatoms. The fraction of sp³-hybridized carbons (Fsp3) is 0.308. The zero-order valence-electron chi connectivity index (χ0n) is 9.72. The van der Waals surface area contributed by atoms with Crippen LogP contribution in [0.4, 0.5) is 4.39 Å². The number of hydrogen-bond donors (Lipinski definition) is 2. The molecule has 0 saturated heterocycles. The van der Waals surface area contributed by atoms with E-state index in [1.54, 1.807) is 0 Å². The molecule has 3 N–H and O–H groups in total. The Balaban J connectivity index is 2.93. The third kappa shape index (κ3) is 3.89. The molecule has 0 fully saturated rings. The van der Waals surface area contributed by atoms with E-state index in [9.17, 15) is 9.18 Å². The number of nitrogens with one attached hydrogen (secondary N) is 1. The molecule has 1 aromatic carbocycles. The van der Waals surface area contributed by atoms with Gasteiger partial charge in [-0.15, -0.1) is 0 Å². The zero-order valence-corrected chi connectivity index (χ0v) is 9.72. The van der Waals surface area contributed by atoms with Crippen LogP contribution < -0.4 is 11.1 Å². The molecule has 0 aliphatic rings. The second kappa shape index (κ2) is 6.66. The van der Waals surface area contributed by atoms with Gasteiger partial charge in [0.05, 0.1) is 12.1 Å². The Morgan fingerprint density at radius 1 is 1.53 bits per heavy atom. The number of rotatable bonds is 3. The highest BCUT2D eigenvalue weighted by Gasteiger charge is 2.11. The van der Waals surface area contributed by atoms with Gasteiger partial charge in [-0.05, 0) is 24.6 Å². The van der Waals surface area contributed by atoms with Crippen LogP contribution >= 0.6 is 0 Å². The minimum atomic E-state index is -0.545. The van der Waals surface area contributed by atoms with Crippen molar-refractivity contribution in [2.45, 2.75) is 13.3 Å². The van der Waals surface area contributed by atoms with Crippen LogP contribution in [-0.2, 0) is 0 Å². The van der Waals surface area contributed by atoms with E-state index in [4.69, 9.17) is 5.73 Å². The van der Waals surface area contributed by atoms with E-state index in [1.165, 1.54) is 18.2 Å². The van der Waals surface area contributed by atoms with Crippen LogP contribution in [-0.4, -0.2) is 19.0 Å². The second-order valence-corrected chi connectivity index (χ2v) is 3.46. The average molecular weight is 234 g/mol. The molecular formula is C13H15FN2O. The molecule has 0 spiro atoms. The molecule has 3 nitrogen and oxygen atoms in total. The SMILES string of the molecule is CCCNC(=O)c1cc(C#CCN)ccc1F. The molecule has 0 aliphatic heterocycles. The van der Waals surface area contributed by atoms with Gasteiger partial charge in [-0.3, -0.25) is 4.79 Å². The number of nitrogens with two attached hydrogens (primary N) is 1. The lowest BCUT2D eigenvalue weighted by molar-refractivity contribution is 0.0949. The summed E-state index contributed by atoms with van der Waals surface area (Å²) < 4.78 is 13.4. The molecule has 0 atom stereocenters. The molecule has 0 aliphatic carbocycles. The number of halogens is 1. The molecular weight excluding hydrogens is 219 g/mol. The predicted octanol–water partition coefficient (Wildman–Crippen LogP) is 1.28. The van der Waals surface area contributed by atoms with Crippen molar-refractivity contribution >= 4 is 5.91 Å². The number of carbonyl (C=O) groups is 1. The van der Waals surface area contributed by atoms with Crippen molar-refractivity contribution in [2.75, 3.05) is 13.1 Å². The first-order valence-corrected chi connectivity index (χ1v) is 5.45. The van der Waals surface area contributed by atoms with Crippen molar-refractivity contribution < 1.29 is 9.18 Å². The topological polar surface area (TPSA) is 55.1 Å². The van der Waals surface area contributed by atoms with E-state index < -0.39 is 11.7 Å². The highest BCUT2D eigenvalue weighted by atomic mass is 19.1. The summed E-state index contributed by atoms with van der Waals surface area (Å²) >= 11 is 0. The van der Waals surface area contributed by atoms with Crippen molar-refractivity contribution in [2.24, 2.45) is 5.73 Å². The summed E-state index contributed by atoms with van der Waals surface area (Å²) in [5.41, 5.74) is 5.84. The first-order valence-electron chi connectivity index (χ1n) is 5.45. The van der Waals surface area contributed by atoms with E-state index in [-0.39, 0.29) is 12.1 Å². The van der Waals surface area contributed by atoms with Crippen molar-refractivity contribution in [1.29, 1.82) is 0 Å². The molecule has 0 saturated carbocycles. The Kier molecular flexibility index (Phi) is 5.18. The lowest BCUT2D eigenvalue weighted by Crippen LogP contribution is -2.25. The first-order chi connectivity index (χ1) is 8.19. The van der Waals surface area contributed by atoms with Crippen LogP contribution in [0.3, 0.4) is 0 Å². The summed E-state index contributed by atoms with van der Waals surface area (Å²) in [6.45, 7) is 2.69. The maximum absolute atomic E-state index is 13.4. The standard InChI is InChI=1S/C13H15FN2O/c1-2-8-16-13(17)11-9-10(4-3-7-15)5-6-12(11)14/h5-6,9H,2,7-8,15H2,1H3,(H,16,17). The minimum Gasteiger partial charge on any atom is -0.352 e. The van der Waals surface area contributed by atoms with Gasteiger partial charge in [0.2, 0.25) is 0 Å². The van der Waals surface area contributed by atoms with Gasteiger partial charge in [0.25, 0.3) is 5.91 Å². The summed E-state index contributed by atoms with van der Waals surface area (Å²) in [5.74, 6) is 4.46. The largest absolute Gasteiger partial charge is 0.352 e. The number of carbonyl (C=O) groups excluding carboxylic acids is 1. The summed E-state index contributed by atoms with van der Waals surface area (Å²) in [5, 5.41) is 2.62. The van der Waals surface area contributed by atoms with Crippen molar-refractivity contribution in [3.63, 3.8) is 0 Å². The molecule has 0 heterocycles. The molecule has 1 rings (SSSR count). The fourth-order valence-electron chi connectivity index (χ4n) is 1.26. The van der Waals surface area contributed by atoms with Crippen LogP contribution in [0.15, 0.2) is 18.2 Å². The molecule has 1 amide bonds. The van der Waals surface area contributed by atoms with Gasteiger partial charge in [-0.2, -0.15) is 0 Å². The van der Waals surface area contributed by atoms with Crippen molar-refractivity contribution in [1.82, 2.24) is 5.32 Å². The van der Waals surface area contributed by atoms with Gasteiger partial charge in [0.15, 0.2) is 0 Å². The lowest BCUT2D eigenvalue weighted by atomic mass is 10.1. The first kappa shape index (κ1) is 13.2. The van der Waals surface area contributed by atoms with E-state index in [2.05, 4.69) is 17.2 Å². The molecule has 0 unspecified atom stereocenters. The van der Waals surface area contributed by atoms with E-state index in [0.717, 1.165) is 6.42 Å². The smallest absolute Gasteiger partial charge is 0.254 e. The molecule has 0 bridgehead atoms. The van der Waals surface area contributed by atoms with Crippen LogP contribution in [0, 0.1) is 17.7 Å². The Morgan fingerprint density at radius 2 is 2.29 bits per heavy atom. The lowest BCUT2D eigenvalue weighted by Gasteiger charge is -2.05. The summed E-state index contributed by atoms with van der Waals surface area (Å²) in [4.78, 5) is 11.6. The summed E-state index contributed by atoms with van der Waals surface area (Å²) in [6, 6.07) is 4.19. The summed E-state index contributed by atoms with van der Waals surface area (Å²) in [6.07, 6.45) is 0.806. The number of amides is 1. The van der Waals surface area contributed by atoms with Gasteiger partial charge in [0.1, 0.15) is 5.82 Å². The highest BCUT2D eigenvalue weighted by Crippen LogP contribution is 2.10. The van der Waals surface area contributed by atoms with Gasteiger partial charge in [0, 0.05) is 12.1 Å². The number of benzene rings is 1. The third-order valence-corrected chi connectivity index (χ3v) is 2.08. The normalized spacial score (nSPS) is 9.35. The van der Waals surface area contributed by atoms with Gasteiger partial charge in [-0.25, -0.2) is 4.39 Å². The van der Waals surface area contributed by atoms with Crippen molar-refractivity contribution in [3.05, 3.63) is 35.1 Å². The van der Waals surface area contributed by atoms with Crippen molar-refractivity contribution in [3.8, 4) is 11.8 Å². The van der Waals surface area contributed by atoms with Crippen LogP contribution in [0.2, 0.25) is 0 Å². The third-order valence-electron chi connectivity index (χ3n) is 2.08. The fourth-order valence-corrected chi connectivity index (χ4v) is 1.26. The maximum Gasteiger partial charge on any atom is 0.254 e. The Bertz CT molecular complexity index is 460. The molecule has 1 aromatic rings. The average Bonchev–Trinajstić information content (AvgIpc) is 2.35. The molecule has 90 valence electrons. The number of hydrogen-bond acceptors (Lipinski definition) is 2. The Labute approximate surface area is 100 Å². The molecule has 0 radical (unpaired) electrons. The molecule has 0 aromatic heterocycles. The van der Waals surface area contributed by atoms with Gasteiger partial charge < -0.3 is 11.1 Å². The van der Waals surface area contributed by atoms with E-state index >= 15 is 0 Å². The zero-order chi connectivity index (χ0) is 12.7. The van der Waals surface area contributed by atoms with Gasteiger partial charge in [-0.1, -0.05) is 18.8 Å². The predicted molar refractivity (Wildman–Crippen MR) is 65.0 cm³/mol. The maximum atomic E-state index is 13.4. The van der Waals surface area contributed by atoms with Gasteiger partial charge >= 0.3 is 0 Å². The monoisotopic (exact) mass is 234 g/mol. The van der Waals surface area contributed by atoms with Crippen LogP contribution in [0.1, 0.15) is 29.3 Å². The van der Waals surface area contributed by atoms with E-state index in [0.29, 0.717) is 12.1 Å². The Morgan fingerprint density at radius 3 is 2.94 bits per heavy atom. The molecule has 17 heavy (non-hydrogen) atoms. The minimum absolute atomic E-state index is 0.0160. The summed E-state index contributed by atoms with van der Waals surface area (Å²) in [7, 11) is 0. The van der Waals surface area contributed by atoms with E-state index in [1.807, 2.05) is 6.92 Å². The Hall–Kier alpha value is -1.86. The van der Waals surface area contributed by atoms with Crippen LogP contribution in [0.5, 0.6) is 0 Å². The highest BCUT2D eigenvalue weighted by molar-refractivity contribution is 5.94.